The van der Waals surface area contributed by atoms with E-state index in [0.29, 0.717) is 0 Å². The first-order valence-corrected chi connectivity index (χ1v) is 4.80. The second kappa shape index (κ2) is 7.36. The van der Waals surface area contributed by atoms with Crippen LogP contribution in [0.5, 0.6) is 0 Å². The number of ether oxygens (including phenoxy) is 1. The molecule has 2 N–H and O–H groups in total. The van der Waals surface area contributed by atoms with Gasteiger partial charge in [-0.15, -0.1) is 0 Å². The summed E-state index contributed by atoms with van der Waals surface area (Å²) in [4.78, 5) is 24.4. The average molecular weight is 229 g/mol. The summed E-state index contributed by atoms with van der Waals surface area (Å²) in [6, 6.07) is -0.849. The lowest BCUT2D eigenvalue weighted by Crippen LogP contribution is -2.50. The number of alkyl carbamates (subject to hydrolysis) is 1. The summed E-state index contributed by atoms with van der Waals surface area (Å²) in [5.41, 5.74) is 8.04. The fourth-order valence-corrected chi connectivity index (χ4v) is 0.872. The van der Waals surface area contributed by atoms with Gasteiger partial charge in [-0.05, 0) is 18.4 Å². The van der Waals surface area contributed by atoms with Crippen LogP contribution in [0.4, 0.5) is 9.59 Å². The van der Waals surface area contributed by atoms with E-state index in [1.807, 2.05) is 0 Å². The number of azide groups is 1. The second-order valence-corrected chi connectivity index (χ2v) is 3.23. The smallest absolute Gasteiger partial charge is 0.408 e. The number of hydrogen-bond donors (Lipinski definition) is 2. The summed E-state index contributed by atoms with van der Waals surface area (Å²) in [7, 11) is 0. The van der Waals surface area contributed by atoms with Crippen LogP contribution in [0.3, 0.4) is 0 Å². The van der Waals surface area contributed by atoms with Gasteiger partial charge in [-0.1, -0.05) is 13.8 Å². The Balaban J connectivity index is 4.33. The van der Waals surface area contributed by atoms with Crippen molar-refractivity contribution in [2.45, 2.75) is 26.9 Å². The van der Waals surface area contributed by atoms with E-state index in [1.165, 1.54) is 0 Å². The van der Waals surface area contributed by atoms with E-state index in [2.05, 4.69) is 25.4 Å². The van der Waals surface area contributed by atoms with Crippen LogP contribution in [0.25, 0.3) is 10.4 Å². The van der Waals surface area contributed by atoms with Crippen LogP contribution in [0, 0.1) is 5.92 Å². The van der Waals surface area contributed by atoms with Crippen molar-refractivity contribution >= 4 is 12.1 Å². The molecule has 90 valence electrons. The van der Waals surface area contributed by atoms with Gasteiger partial charge < -0.3 is 15.4 Å². The molecule has 8 heteroatoms. The van der Waals surface area contributed by atoms with E-state index in [1.54, 1.807) is 20.8 Å². The summed E-state index contributed by atoms with van der Waals surface area (Å²) in [6.45, 7) is 5.48. The molecular weight excluding hydrogens is 214 g/mol. The van der Waals surface area contributed by atoms with E-state index < -0.39 is 18.3 Å². The van der Waals surface area contributed by atoms with Gasteiger partial charge in [0.25, 0.3) is 0 Å². The van der Waals surface area contributed by atoms with E-state index >= 15 is 0 Å². The fraction of sp³-hybridized carbons (Fsp3) is 0.750. The highest BCUT2D eigenvalue weighted by molar-refractivity contribution is 5.76. The molecule has 0 rings (SSSR count). The van der Waals surface area contributed by atoms with Crippen molar-refractivity contribution in [3.63, 3.8) is 0 Å². The number of carbonyl (C=O) groups is 2. The Hall–Kier alpha value is -1.95. The van der Waals surface area contributed by atoms with Gasteiger partial charge in [-0.3, -0.25) is 4.79 Å². The van der Waals surface area contributed by atoms with Crippen LogP contribution in [0.15, 0.2) is 5.11 Å². The van der Waals surface area contributed by atoms with E-state index in [4.69, 9.17) is 5.53 Å². The van der Waals surface area contributed by atoms with Gasteiger partial charge in [-0.25, -0.2) is 4.79 Å². The Morgan fingerprint density at radius 2 is 2.06 bits per heavy atom. The molecule has 0 aliphatic carbocycles. The van der Waals surface area contributed by atoms with Gasteiger partial charge in [0.15, 0.2) is 0 Å². The highest BCUT2D eigenvalue weighted by Gasteiger charge is 2.18. The number of amides is 3. The molecule has 3 amide bonds. The van der Waals surface area contributed by atoms with Gasteiger partial charge in [0.2, 0.25) is 0 Å². The summed E-state index contributed by atoms with van der Waals surface area (Å²) in [5, 5.41) is 7.60. The minimum Gasteiger partial charge on any atom is -0.450 e. The minimum atomic E-state index is -0.849. The van der Waals surface area contributed by atoms with Crippen LogP contribution >= 0.6 is 0 Å². The molecule has 0 aromatic rings. The normalized spacial score (nSPS) is 11.2. The third kappa shape index (κ3) is 5.71. The molecule has 0 spiro atoms. The van der Waals surface area contributed by atoms with Gasteiger partial charge in [0.05, 0.1) is 6.61 Å². The van der Waals surface area contributed by atoms with Crippen LogP contribution < -0.4 is 10.6 Å². The molecule has 0 aromatic carbocycles. The Kier molecular flexibility index (Phi) is 6.46. The largest absolute Gasteiger partial charge is 0.450 e. The van der Waals surface area contributed by atoms with Gasteiger partial charge >= 0.3 is 12.1 Å². The third-order valence-electron chi connectivity index (χ3n) is 1.63. The first-order chi connectivity index (χ1) is 7.51. The predicted molar refractivity (Wildman–Crippen MR) is 56.5 cm³/mol. The Labute approximate surface area is 93.0 Å². The Bertz CT molecular complexity index is 298. The number of carbonyl (C=O) groups excluding carboxylic acids is 2. The maximum Gasteiger partial charge on any atom is 0.408 e. The minimum absolute atomic E-state index is 0.0674. The summed E-state index contributed by atoms with van der Waals surface area (Å²) in [5.74, 6) is -0.0674. The van der Waals surface area contributed by atoms with Crippen LogP contribution in [-0.4, -0.2) is 24.9 Å². The van der Waals surface area contributed by atoms with Crippen molar-refractivity contribution in [1.29, 1.82) is 0 Å². The number of nitrogens with one attached hydrogen (secondary N) is 2. The lowest BCUT2D eigenvalue weighted by Gasteiger charge is -2.22. The molecule has 0 saturated heterocycles. The molecule has 0 aliphatic heterocycles. The summed E-state index contributed by atoms with van der Waals surface area (Å²) < 4.78 is 4.66. The first-order valence-electron chi connectivity index (χ1n) is 4.80. The number of nitrogens with zero attached hydrogens (tertiary/aromatic N) is 3. The van der Waals surface area contributed by atoms with Gasteiger partial charge in [0.1, 0.15) is 6.17 Å². The molecule has 0 heterocycles. The third-order valence-corrected chi connectivity index (χ3v) is 1.63. The lowest BCUT2D eigenvalue weighted by molar-refractivity contribution is 0.142. The summed E-state index contributed by atoms with van der Waals surface area (Å²) in [6.07, 6.45) is -1.28. The standard InChI is InChI=1S/C8H15N5O3/c1-4-16-8(15)11-6(5(2)3)10-7(14)12-13-9/h5-6H,4H2,1-3H3,(H,10,14)(H,11,15). The van der Waals surface area contributed by atoms with Crippen molar-refractivity contribution in [2.75, 3.05) is 6.61 Å². The summed E-state index contributed by atoms with van der Waals surface area (Å²) >= 11 is 0. The van der Waals surface area contributed by atoms with E-state index in [-0.39, 0.29) is 12.5 Å². The first kappa shape index (κ1) is 14.1. The maximum absolute atomic E-state index is 11.1. The molecular formula is C8H15N5O3. The van der Waals surface area contributed by atoms with Crippen LogP contribution in [0.1, 0.15) is 20.8 Å². The molecule has 0 radical (unpaired) electrons. The van der Waals surface area contributed by atoms with E-state index in [0.717, 1.165) is 0 Å². The molecule has 16 heavy (non-hydrogen) atoms. The fourth-order valence-electron chi connectivity index (χ4n) is 0.872. The molecule has 8 nitrogen and oxygen atoms in total. The highest BCUT2D eigenvalue weighted by Crippen LogP contribution is 1.99. The zero-order valence-electron chi connectivity index (χ0n) is 9.43. The number of urea groups is 1. The molecule has 0 fully saturated rings. The van der Waals surface area contributed by atoms with Gasteiger partial charge in [0, 0.05) is 10.0 Å². The molecule has 1 atom stereocenters. The van der Waals surface area contributed by atoms with Crippen molar-refractivity contribution in [2.24, 2.45) is 11.0 Å². The zero-order valence-corrected chi connectivity index (χ0v) is 9.43. The monoisotopic (exact) mass is 229 g/mol. The quantitative estimate of drug-likeness (QED) is 0.331. The highest BCUT2D eigenvalue weighted by atomic mass is 16.5. The van der Waals surface area contributed by atoms with E-state index in [9.17, 15) is 9.59 Å². The Morgan fingerprint density at radius 1 is 1.44 bits per heavy atom. The topological polar surface area (TPSA) is 116 Å². The SMILES string of the molecule is CCOC(=O)NC(NC(=O)N=[N+]=[N-])C(C)C. The van der Waals surface area contributed by atoms with Crippen molar-refractivity contribution in [3.8, 4) is 0 Å². The number of rotatable bonds is 4. The Morgan fingerprint density at radius 3 is 2.50 bits per heavy atom. The average Bonchev–Trinajstić information content (AvgIpc) is 2.17. The number of hydrogen-bond acceptors (Lipinski definition) is 3. The zero-order chi connectivity index (χ0) is 12.6. The predicted octanol–water partition coefficient (Wildman–Crippen LogP) is 1.73. The van der Waals surface area contributed by atoms with Crippen molar-refractivity contribution in [1.82, 2.24) is 10.6 Å². The molecule has 0 saturated carbocycles. The maximum atomic E-state index is 11.1. The molecule has 0 bridgehead atoms. The molecule has 0 aromatic heterocycles. The van der Waals surface area contributed by atoms with Crippen LogP contribution in [-0.2, 0) is 4.74 Å². The van der Waals surface area contributed by atoms with Crippen molar-refractivity contribution < 1.29 is 14.3 Å². The molecule has 1 unspecified atom stereocenters. The second-order valence-electron chi connectivity index (χ2n) is 3.23. The van der Waals surface area contributed by atoms with Crippen molar-refractivity contribution in [3.05, 3.63) is 10.4 Å². The molecule has 0 aliphatic rings. The lowest BCUT2D eigenvalue weighted by atomic mass is 10.1. The van der Waals surface area contributed by atoms with Crippen LogP contribution in [0.2, 0.25) is 0 Å². The van der Waals surface area contributed by atoms with Gasteiger partial charge in [-0.2, -0.15) is 0 Å².